The Morgan fingerprint density at radius 2 is 1.82 bits per heavy atom. The van der Waals surface area contributed by atoms with E-state index in [1.165, 1.54) is 5.56 Å². The van der Waals surface area contributed by atoms with E-state index in [-0.39, 0.29) is 31.2 Å². The van der Waals surface area contributed by atoms with Crippen molar-refractivity contribution in [2.24, 2.45) is 5.92 Å². The lowest BCUT2D eigenvalue weighted by molar-refractivity contribution is -0.137. The highest BCUT2D eigenvalue weighted by molar-refractivity contribution is 7.99. The molecule has 33 heavy (non-hydrogen) atoms. The van der Waals surface area contributed by atoms with Crippen LogP contribution in [0.15, 0.2) is 48.5 Å². The molecule has 2 atom stereocenters. The third kappa shape index (κ3) is 7.89. The van der Waals surface area contributed by atoms with Gasteiger partial charge in [0.2, 0.25) is 6.79 Å². The lowest BCUT2D eigenvalue weighted by Crippen LogP contribution is -2.47. The third-order valence-electron chi connectivity index (χ3n) is 5.50. The molecule has 2 aromatic carbocycles. The smallest absolute Gasteiger partial charge is 0.315 e. The fourth-order valence-electron chi connectivity index (χ4n) is 3.56. The molecule has 0 aliphatic carbocycles. The second-order valence-corrected chi connectivity index (χ2v) is 9.55. The Kier molecular flexibility index (Phi) is 9.30. The summed E-state index contributed by atoms with van der Waals surface area (Å²) in [5, 5.41) is 15.2. The first-order chi connectivity index (χ1) is 15.9. The summed E-state index contributed by atoms with van der Waals surface area (Å²) in [5.41, 5.74) is 2.00. The van der Waals surface area contributed by atoms with Crippen LogP contribution >= 0.6 is 11.8 Å². The monoisotopic (exact) mass is 472 g/mol. The molecule has 0 saturated carbocycles. The fraction of sp³-hybridized carbons (Fsp3) is 0.440. The van der Waals surface area contributed by atoms with Crippen LogP contribution < -0.4 is 20.1 Å². The highest BCUT2D eigenvalue weighted by Crippen LogP contribution is 2.34. The Balaban J connectivity index is 1.50. The molecular weight excluding hydrogens is 440 g/mol. The van der Waals surface area contributed by atoms with Crippen LogP contribution in [0.5, 0.6) is 11.5 Å². The van der Waals surface area contributed by atoms with Crippen molar-refractivity contribution in [1.82, 2.24) is 10.6 Å². The van der Waals surface area contributed by atoms with Gasteiger partial charge >= 0.3 is 12.0 Å². The molecule has 0 aromatic heterocycles. The Bertz CT molecular complexity index is 922. The number of carboxylic acids is 1. The number of thioether (sulfide) groups is 1. The zero-order valence-electron chi connectivity index (χ0n) is 19.1. The Morgan fingerprint density at radius 1 is 1.06 bits per heavy atom. The van der Waals surface area contributed by atoms with E-state index in [2.05, 4.69) is 48.7 Å². The number of aryl methyl sites for hydroxylation is 1. The molecule has 0 radical (unpaired) electrons. The van der Waals surface area contributed by atoms with Gasteiger partial charge in [-0.25, -0.2) is 4.79 Å². The van der Waals surface area contributed by atoms with Gasteiger partial charge in [-0.3, -0.25) is 4.79 Å². The quantitative estimate of drug-likeness (QED) is 0.390. The SMILES string of the molecule is CC(C)[C@@H](CSCCCc1ccccc1)NC(=O)N[C@@H](CC(=O)O)c1ccc2c(c1)OCO2. The molecular formula is C25H32N2O5S. The molecule has 1 heterocycles. The van der Waals surface area contributed by atoms with Crippen LogP contribution in [-0.4, -0.2) is 41.4 Å². The molecule has 7 nitrogen and oxygen atoms in total. The molecule has 2 aromatic rings. The van der Waals surface area contributed by atoms with Gasteiger partial charge in [0.15, 0.2) is 11.5 Å². The van der Waals surface area contributed by atoms with Crippen molar-refractivity contribution in [3.8, 4) is 11.5 Å². The fourth-order valence-corrected chi connectivity index (χ4v) is 4.80. The number of aliphatic carboxylic acids is 1. The predicted octanol–water partition coefficient (Wildman–Crippen LogP) is 4.62. The average Bonchev–Trinajstić information content (AvgIpc) is 3.26. The van der Waals surface area contributed by atoms with Crippen LogP contribution in [0, 0.1) is 5.92 Å². The van der Waals surface area contributed by atoms with Crippen molar-refractivity contribution in [3.63, 3.8) is 0 Å². The van der Waals surface area contributed by atoms with E-state index in [1.54, 1.807) is 18.2 Å². The molecule has 3 rings (SSSR count). The van der Waals surface area contributed by atoms with Gasteiger partial charge in [0, 0.05) is 11.8 Å². The maximum absolute atomic E-state index is 12.8. The van der Waals surface area contributed by atoms with Gasteiger partial charge in [-0.05, 0) is 47.8 Å². The van der Waals surface area contributed by atoms with E-state index in [0.717, 1.165) is 24.3 Å². The molecule has 3 N–H and O–H groups in total. The van der Waals surface area contributed by atoms with Crippen LogP contribution in [0.4, 0.5) is 4.79 Å². The van der Waals surface area contributed by atoms with Crippen molar-refractivity contribution < 1.29 is 24.2 Å². The minimum atomic E-state index is -0.993. The molecule has 2 amide bonds. The average molecular weight is 473 g/mol. The zero-order valence-corrected chi connectivity index (χ0v) is 19.9. The normalized spacial score (nSPS) is 14.0. The highest BCUT2D eigenvalue weighted by atomic mass is 32.2. The lowest BCUT2D eigenvalue weighted by atomic mass is 10.0. The molecule has 0 fully saturated rings. The molecule has 0 bridgehead atoms. The van der Waals surface area contributed by atoms with Gasteiger partial charge in [-0.1, -0.05) is 50.2 Å². The maximum Gasteiger partial charge on any atom is 0.315 e. The summed E-state index contributed by atoms with van der Waals surface area (Å²) < 4.78 is 10.7. The lowest BCUT2D eigenvalue weighted by Gasteiger charge is -2.25. The van der Waals surface area contributed by atoms with Crippen LogP contribution in [0.25, 0.3) is 0 Å². The number of benzene rings is 2. The number of nitrogens with one attached hydrogen (secondary N) is 2. The Morgan fingerprint density at radius 3 is 2.55 bits per heavy atom. The van der Waals surface area contributed by atoms with Gasteiger partial charge in [0.1, 0.15) is 0 Å². The standard InChI is InChI=1S/C25H32N2O5S/c1-17(2)21(15-33-12-6-9-18-7-4-3-5-8-18)27-25(30)26-20(14-24(28)29)19-10-11-22-23(13-19)32-16-31-22/h3-5,7-8,10-11,13,17,20-21H,6,9,12,14-16H2,1-2H3,(H,28,29)(H2,26,27,30)/t20-,21+/m0/s1. The maximum atomic E-state index is 12.8. The molecule has 1 aliphatic rings. The van der Waals surface area contributed by atoms with E-state index in [0.29, 0.717) is 17.1 Å². The van der Waals surface area contributed by atoms with Crippen LogP contribution in [0.2, 0.25) is 0 Å². The van der Waals surface area contributed by atoms with E-state index < -0.39 is 12.0 Å². The molecule has 0 spiro atoms. The summed E-state index contributed by atoms with van der Waals surface area (Å²) >= 11 is 1.82. The van der Waals surface area contributed by atoms with Crippen molar-refractivity contribution in [2.45, 2.75) is 45.2 Å². The second kappa shape index (κ2) is 12.4. The number of rotatable bonds is 12. The summed E-state index contributed by atoms with van der Waals surface area (Å²) in [6.45, 7) is 4.28. The number of hydrogen-bond donors (Lipinski definition) is 3. The summed E-state index contributed by atoms with van der Waals surface area (Å²) in [7, 11) is 0. The molecule has 0 unspecified atom stereocenters. The first-order valence-electron chi connectivity index (χ1n) is 11.2. The van der Waals surface area contributed by atoms with E-state index in [9.17, 15) is 14.7 Å². The first kappa shape index (κ1) is 24.8. The molecule has 8 heteroatoms. The van der Waals surface area contributed by atoms with Gasteiger partial charge in [0.05, 0.1) is 12.5 Å². The third-order valence-corrected chi connectivity index (χ3v) is 6.67. The number of carbonyl (C=O) groups excluding carboxylic acids is 1. The number of fused-ring (bicyclic) bond motifs is 1. The number of ether oxygens (including phenoxy) is 2. The van der Waals surface area contributed by atoms with Gasteiger partial charge in [-0.2, -0.15) is 11.8 Å². The van der Waals surface area contributed by atoms with E-state index in [1.807, 2.05) is 17.8 Å². The molecule has 178 valence electrons. The van der Waals surface area contributed by atoms with Crippen molar-refractivity contribution in [1.29, 1.82) is 0 Å². The summed E-state index contributed by atoms with van der Waals surface area (Å²) in [4.78, 5) is 24.2. The summed E-state index contributed by atoms with van der Waals surface area (Å²) in [6.07, 6.45) is 1.89. The van der Waals surface area contributed by atoms with Crippen LogP contribution in [0.3, 0.4) is 0 Å². The summed E-state index contributed by atoms with van der Waals surface area (Å²) in [6, 6.07) is 14.6. The van der Waals surface area contributed by atoms with Crippen molar-refractivity contribution in [2.75, 3.05) is 18.3 Å². The Hall–Kier alpha value is -2.87. The largest absolute Gasteiger partial charge is 0.481 e. The van der Waals surface area contributed by atoms with Crippen LogP contribution in [0.1, 0.15) is 43.9 Å². The number of hydrogen-bond acceptors (Lipinski definition) is 5. The number of carbonyl (C=O) groups is 2. The van der Waals surface area contributed by atoms with Crippen molar-refractivity contribution >= 4 is 23.8 Å². The summed E-state index contributed by atoms with van der Waals surface area (Å²) in [5.74, 6) is 2.24. The van der Waals surface area contributed by atoms with E-state index in [4.69, 9.17) is 9.47 Å². The molecule has 0 saturated heterocycles. The number of amides is 2. The first-order valence-corrected chi connectivity index (χ1v) is 12.4. The van der Waals surface area contributed by atoms with Gasteiger partial charge in [0.25, 0.3) is 0 Å². The van der Waals surface area contributed by atoms with Gasteiger partial charge in [-0.15, -0.1) is 0 Å². The van der Waals surface area contributed by atoms with E-state index >= 15 is 0 Å². The number of urea groups is 1. The zero-order chi connectivity index (χ0) is 23.6. The number of carboxylic acid groups (broad SMARTS) is 1. The minimum Gasteiger partial charge on any atom is -0.481 e. The Labute approximate surface area is 199 Å². The van der Waals surface area contributed by atoms with Gasteiger partial charge < -0.3 is 25.2 Å². The predicted molar refractivity (Wildman–Crippen MR) is 130 cm³/mol. The highest BCUT2D eigenvalue weighted by Gasteiger charge is 2.23. The van der Waals surface area contributed by atoms with Crippen molar-refractivity contribution in [3.05, 3.63) is 59.7 Å². The second-order valence-electron chi connectivity index (χ2n) is 8.40. The molecule has 1 aliphatic heterocycles. The topological polar surface area (TPSA) is 96.9 Å². The van der Waals surface area contributed by atoms with Crippen LogP contribution in [-0.2, 0) is 11.2 Å². The minimum absolute atomic E-state index is 0.0195.